The van der Waals surface area contributed by atoms with Gasteiger partial charge in [-0.1, -0.05) is 40.5 Å². The van der Waals surface area contributed by atoms with E-state index in [2.05, 4.69) is 27.7 Å². The first-order chi connectivity index (χ1) is 5.43. The molecule has 0 heterocycles. The fourth-order valence-corrected chi connectivity index (χ4v) is 2.09. The van der Waals surface area contributed by atoms with Crippen molar-refractivity contribution in [2.75, 3.05) is 0 Å². The van der Waals surface area contributed by atoms with Crippen LogP contribution in [0.2, 0.25) is 0 Å². The van der Waals surface area contributed by atoms with Crippen LogP contribution in [-0.4, -0.2) is 11.2 Å². The smallest absolute Gasteiger partial charge is 0.0614 e. The first-order valence-electron chi connectivity index (χ1n) is 5.11. The zero-order valence-corrected chi connectivity index (χ0v) is 8.80. The Kier molecular flexibility index (Phi) is 2.82. The molecule has 1 rings (SSSR count). The molecule has 0 spiro atoms. The van der Waals surface area contributed by atoms with E-state index >= 15 is 0 Å². The molecule has 1 fully saturated rings. The molecule has 1 heteroatoms. The monoisotopic (exact) mass is 170 g/mol. The molecule has 0 amide bonds. The summed E-state index contributed by atoms with van der Waals surface area (Å²) in [5.74, 6) is 1.30. The summed E-state index contributed by atoms with van der Waals surface area (Å²) in [5.41, 5.74) is 0.120. The SMILES string of the molecule is CC(C)C(O)C(C)(C)CC1CC1. The molecule has 72 valence electrons. The fourth-order valence-electron chi connectivity index (χ4n) is 2.09. The van der Waals surface area contributed by atoms with Crippen molar-refractivity contribution in [3.8, 4) is 0 Å². The maximum Gasteiger partial charge on any atom is 0.0614 e. The molecule has 12 heavy (non-hydrogen) atoms. The zero-order valence-electron chi connectivity index (χ0n) is 8.80. The van der Waals surface area contributed by atoms with Crippen LogP contribution >= 0.6 is 0 Å². The standard InChI is InChI=1S/C11H22O/c1-8(2)10(12)11(3,4)7-9-5-6-9/h8-10,12H,5-7H2,1-4H3. The van der Waals surface area contributed by atoms with Gasteiger partial charge in [0.05, 0.1) is 6.10 Å². The van der Waals surface area contributed by atoms with E-state index in [-0.39, 0.29) is 11.5 Å². The van der Waals surface area contributed by atoms with Crippen molar-refractivity contribution in [2.45, 2.75) is 53.1 Å². The summed E-state index contributed by atoms with van der Waals surface area (Å²) in [6.07, 6.45) is 3.83. The number of rotatable bonds is 4. The van der Waals surface area contributed by atoms with E-state index in [0.717, 1.165) is 5.92 Å². The van der Waals surface area contributed by atoms with Crippen LogP contribution in [-0.2, 0) is 0 Å². The third kappa shape index (κ3) is 2.48. The first kappa shape index (κ1) is 10.0. The Morgan fingerprint density at radius 1 is 1.33 bits per heavy atom. The largest absolute Gasteiger partial charge is 0.392 e. The summed E-state index contributed by atoms with van der Waals surface area (Å²) in [7, 11) is 0. The van der Waals surface area contributed by atoms with Crippen LogP contribution < -0.4 is 0 Å². The van der Waals surface area contributed by atoms with Gasteiger partial charge < -0.3 is 5.11 Å². The lowest BCUT2D eigenvalue weighted by Crippen LogP contribution is -2.34. The van der Waals surface area contributed by atoms with Gasteiger partial charge in [0.25, 0.3) is 0 Å². The molecule has 0 saturated heterocycles. The molecule has 0 aromatic heterocycles. The fraction of sp³-hybridized carbons (Fsp3) is 1.00. The Hall–Kier alpha value is -0.0400. The highest BCUT2D eigenvalue weighted by Gasteiger charge is 2.36. The second-order valence-corrected chi connectivity index (χ2v) is 5.32. The molecule has 1 N–H and O–H groups in total. The van der Waals surface area contributed by atoms with Gasteiger partial charge in [-0.05, 0) is 23.7 Å². The first-order valence-corrected chi connectivity index (χ1v) is 5.11. The Balaban J connectivity index is 2.43. The van der Waals surface area contributed by atoms with E-state index in [4.69, 9.17) is 0 Å². The van der Waals surface area contributed by atoms with Crippen molar-refractivity contribution in [3.05, 3.63) is 0 Å². The molecule has 1 aliphatic rings. The zero-order chi connectivity index (χ0) is 9.35. The predicted molar refractivity (Wildman–Crippen MR) is 52.0 cm³/mol. The second-order valence-electron chi connectivity index (χ2n) is 5.32. The average Bonchev–Trinajstić information content (AvgIpc) is 2.69. The summed E-state index contributed by atoms with van der Waals surface area (Å²) in [6, 6.07) is 0. The lowest BCUT2D eigenvalue weighted by molar-refractivity contribution is 0.00479. The minimum atomic E-state index is -0.141. The average molecular weight is 170 g/mol. The van der Waals surface area contributed by atoms with E-state index in [1.54, 1.807) is 0 Å². The van der Waals surface area contributed by atoms with Crippen LogP contribution in [0.5, 0.6) is 0 Å². The van der Waals surface area contributed by atoms with E-state index in [1.165, 1.54) is 19.3 Å². The summed E-state index contributed by atoms with van der Waals surface area (Å²) in [4.78, 5) is 0. The van der Waals surface area contributed by atoms with E-state index in [9.17, 15) is 5.11 Å². The van der Waals surface area contributed by atoms with Gasteiger partial charge in [-0.25, -0.2) is 0 Å². The van der Waals surface area contributed by atoms with Gasteiger partial charge in [0.15, 0.2) is 0 Å². The molecule has 1 atom stereocenters. The summed E-state index contributed by atoms with van der Waals surface area (Å²) >= 11 is 0. The maximum absolute atomic E-state index is 9.93. The molecule has 1 aliphatic carbocycles. The van der Waals surface area contributed by atoms with Crippen molar-refractivity contribution in [1.29, 1.82) is 0 Å². The number of aliphatic hydroxyl groups is 1. The van der Waals surface area contributed by atoms with Crippen LogP contribution in [0.3, 0.4) is 0 Å². The maximum atomic E-state index is 9.93. The molecule has 0 aromatic carbocycles. The highest BCUT2D eigenvalue weighted by atomic mass is 16.3. The van der Waals surface area contributed by atoms with Crippen LogP contribution in [0.1, 0.15) is 47.0 Å². The van der Waals surface area contributed by atoms with Gasteiger partial charge >= 0.3 is 0 Å². The highest BCUT2D eigenvalue weighted by Crippen LogP contribution is 2.42. The van der Waals surface area contributed by atoms with Crippen molar-refractivity contribution >= 4 is 0 Å². The number of hydrogen-bond donors (Lipinski definition) is 1. The Labute approximate surface area is 76.2 Å². The third-order valence-corrected chi connectivity index (χ3v) is 2.94. The van der Waals surface area contributed by atoms with Gasteiger partial charge in [0.2, 0.25) is 0 Å². The van der Waals surface area contributed by atoms with Crippen molar-refractivity contribution in [1.82, 2.24) is 0 Å². The van der Waals surface area contributed by atoms with Crippen LogP contribution in [0.25, 0.3) is 0 Å². The van der Waals surface area contributed by atoms with Gasteiger partial charge in [-0.2, -0.15) is 0 Å². The van der Waals surface area contributed by atoms with Crippen molar-refractivity contribution in [2.24, 2.45) is 17.3 Å². The molecule has 1 unspecified atom stereocenters. The quantitative estimate of drug-likeness (QED) is 0.688. The van der Waals surface area contributed by atoms with Crippen molar-refractivity contribution in [3.63, 3.8) is 0 Å². The van der Waals surface area contributed by atoms with Gasteiger partial charge in [0.1, 0.15) is 0 Å². The normalized spacial score (nSPS) is 21.5. The van der Waals surface area contributed by atoms with Crippen molar-refractivity contribution < 1.29 is 5.11 Å². The Morgan fingerprint density at radius 3 is 2.17 bits per heavy atom. The van der Waals surface area contributed by atoms with Crippen LogP contribution in [0.15, 0.2) is 0 Å². The topological polar surface area (TPSA) is 20.2 Å². The molecule has 0 aliphatic heterocycles. The van der Waals surface area contributed by atoms with Gasteiger partial charge in [-0.3, -0.25) is 0 Å². The summed E-state index contributed by atoms with van der Waals surface area (Å²) < 4.78 is 0. The van der Waals surface area contributed by atoms with Gasteiger partial charge in [-0.15, -0.1) is 0 Å². The molecule has 1 saturated carbocycles. The second kappa shape index (κ2) is 3.37. The summed E-state index contributed by atoms with van der Waals surface area (Å²) in [5, 5.41) is 9.93. The Bertz CT molecular complexity index is 145. The summed E-state index contributed by atoms with van der Waals surface area (Å²) in [6.45, 7) is 8.57. The lowest BCUT2D eigenvalue weighted by Gasteiger charge is -2.33. The minimum absolute atomic E-state index is 0.120. The molecular weight excluding hydrogens is 148 g/mol. The molecule has 1 nitrogen and oxygen atoms in total. The lowest BCUT2D eigenvalue weighted by atomic mass is 9.77. The van der Waals surface area contributed by atoms with E-state index in [0.29, 0.717) is 5.92 Å². The van der Waals surface area contributed by atoms with Crippen LogP contribution in [0.4, 0.5) is 0 Å². The number of hydrogen-bond acceptors (Lipinski definition) is 1. The third-order valence-electron chi connectivity index (χ3n) is 2.94. The predicted octanol–water partition coefficient (Wildman–Crippen LogP) is 2.83. The number of aliphatic hydroxyl groups excluding tert-OH is 1. The Morgan fingerprint density at radius 2 is 1.83 bits per heavy atom. The van der Waals surface area contributed by atoms with E-state index < -0.39 is 0 Å². The molecule has 0 radical (unpaired) electrons. The highest BCUT2D eigenvalue weighted by molar-refractivity contribution is 4.86. The molecule has 0 bridgehead atoms. The molecular formula is C11H22O. The molecule has 0 aromatic rings. The van der Waals surface area contributed by atoms with Crippen LogP contribution in [0, 0.1) is 17.3 Å². The van der Waals surface area contributed by atoms with Gasteiger partial charge in [0, 0.05) is 0 Å². The van der Waals surface area contributed by atoms with E-state index in [1.807, 2.05) is 0 Å². The minimum Gasteiger partial charge on any atom is -0.392 e.